The highest BCUT2D eigenvalue weighted by Gasteiger charge is 2.45. The molecule has 2 aliphatic rings. The number of hydrogen-bond acceptors (Lipinski definition) is 17. The molecule has 2 heterocycles. The Labute approximate surface area is 711 Å². The number of nitrogens with one attached hydrogen (secondary N) is 12. The maximum atomic E-state index is 15.5. The maximum absolute atomic E-state index is 15.5. The molecule has 0 bridgehead atoms. The lowest BCUT2D eigenvalue weighted by atomic mass is 9.95. The number of halogens is 2. The quantitative estimate of drug-likeness (QED) is 0.0236. The molecule has 3 aromatic rings. The Bertz CT molecular complexity index is 3970. The van der Waals surface area contributed by atoms with Crippen molar-refractivity contribution in [2.75, 3.05) is 13.1 Å². The van der Waals surface area contributed by atoms with Crippen LogP contribution in [-0.4, -0.2) is 195 Å². The third-order valence-electron chi connectivity index (χ3n) is 22.2. The molecule has 13 N–H and O–H groups in total. The summed E-state index contributed by atoms with van der Waals surface area (Å²) in [5.74, 6) is -16.8. The number of esters is 1. The van der Waals surface area contributed by atoms with E-state index in [-0.39, 0.29) is 89.1 Å². The van der Waals surface area contributed by atoms with Gasteiger partial charge in [-0.1, -0.05) is 191 Å². The van der Waals surface area contributed by atoms with Gasteiger partial charge in [0.2, 0.25) is 70.9 Å². The zero-order chi connectivity index (χ0) is 90.4. The van der Waals surface area contributed by atoms with Crippen LogP contribution in [0.4, 0.5) is 8.78 Å². The number of rotatable bonds is 38. The van der Waals surface area contributed by atoms with Crippen LogP contribution in [0, 0.1) is 59.0 Å². The van der Waals surface area contributed by atoms with Crippen molar-refractivity contribution in [1.29, 1.82) is 0 Å². The van der Waals surface area contributed by atoms with Gasteiger partial charge in [0.1, 0.15) is 95.9 Å². The highest BCUT2D eigenvalue weighted by Crippen LogP contribution is 2.25. The molecule has 0 saturated carbocycles. The number of carbonyl (C=O) groups is 14. The summed E-state index contributed by atoms with van der Waals surface area (Å²) >= 11 is 0. The Morgan fingerprint density at radius 2 is 1.08 bits per heavy atom. The third kappa shape index (κ3) is 31.3. The number of amides is 13. The molecule has 2 aliphatic heterocycles. The number of allylic oxidation sites excluding steroid dienone is 1. The van der Waals surface area contributed by atoms with Crippen molar-refractivity contribution in [3.05, 3.63) is 119 Å². The molecule has 30 nitrogen and oxygen atoms in total. The normalized spacial score (nSPS) is 21.1. The number of carbonyl (C=O) groups excluding carboxylic acids is 14. The fourth-order valence-electron chi connectivity index (χ4n) is 14.2. The lowest BCUT2D eigenvalue weighted by molar-refractivity contribution is -0.157. The van der Waals surface area contributed by atoms with Crippen LogP contribution in [0.1, 0.15) is 206 Å². The van der Waals surface area contributed by atoms with E-state index in [0.29, 0.717) is 29.0 Å². The number of hydrogen-bond donors (Lipinski definition) is 13. The van der Waals surface area contributed by atoms with E-state index in [9.17, 15) is 57.0 Å². The first kappa shape index (κ1) is 101. The minimum atomic E-state index is -1.89. The minimum absolute atomic E-state index is 0.0150. The fraction of sp³-hybridized carbons (Fsp3) is 0.618. The van der Waals surface area contributed by atoms with Crippen molar-refractivity contribution in [3.63, 3.8) is 0 Å². The molecular formula is C89H134F2N14O16. The lowest BCUT2D eigenvalue weighted by Gasteiger charge is -2.34. The molecule has 0 aliphatic carbocycles. The van der Waals surface area contributed by atoms with E-state index in [0.717, 1.165) is 6.42 Å². The zero-order valence-electron chi connectivity index (χ0n) is 73.9. The molecule has 0 aromatic heterocycles. The van der Waals surface area contributed by atoms with Crippen molar-refractivity contribution in [2.45, 2.75) is 294 Å². The first-order chi connectivity index (χ1) is 57.0. The fourth-order valence-corrected chi connectivity index (χ4v) is 14.2. The van der Waals surface area contributed by atoms with Gasteiger partial charge in [-0.2, -0.15) is 0 Å². The molecule has 0 radical (unpaired) electrons. The number of aliphatic hydroxyl groups is 1. The van der Waals surface area contributed by atoms with E-state index in [1.807, 2.05) is 18.7 Å². The topological polar surface area (TPSA) is 419 Å². The van der Waals surface area contributed by atoms with Crippen LogP contribution in [0.2, 0.25) is 0 Å². The van der Waals surface area contributed by atoms with Gasteiger partial charge in [0, 0.05) is 32.5 Å². The van der Waals surface area contributed by atoms with Crippen LogP contribution in [-0.2, 0) is 91.4 Å². The standard InChI is InChI=1S/C89H134F2N14O16/c1-20-54(16)73(85(116)103-76-57(19)121-89(120)72(53(14)15)99-77(108)63(22-3)92-79(110)65(45-58-30-24-23-25-31-58)94-81(112)69(50(8)9)96-84(115)74(55(17)21-2)101-87(76)118)100-78(109)64(32-27-43-104(46-59-35-39-61(90)40-36-59)47-60-37-41-62(91)42-38-60)93-80(111)66-33-28-44-105(66)88(119)71(52(12)13)98-83(114)70(51(10)11)97-86(117)75(56(18)106)102-82(113)68(49(6)7)95-67(107)34-26-29-48(4)5/h22-25,30-31,35-42,48-57,64-66,68-76,106H,20-21,26-29,32-34,43-47H2,1-19H3,(H,92,110)(H,93,111)(H,94,112)(H,95,107)(H,96,115)(H,97,117)(H,98,114)(H,99,108)(H,100,109)(H,101,118)(H,102,113)(H,103,116)/b63-22-/t54-,55-,56-,57+,64-,65-,66+,68-,69+,70+,71-,72-,73+,74+,75+,76+/m0/s1. The van der Waals surface area contributed by atoms with Gasteiger partial charge in [-0.25, -0.2) is 13.6 Å². The Hall–Kier alpha value is -10.2. The van der Waals surface area contributed by atoms with Crippen molar-refractivity contribution < 1.29 is 85.7 Å². The Morgan fingerprint density at radius 3 is 1.60 bits per heavy atom. The van der Waals surface area contributed by atoms with Crippen molar-refractivity contribution in [1.82, 2.24) is 73.6 Å². The Balaban J connectivity index is 1.53. The highest BCUT2D eigenvalue weighted by molar-refractivity contribution is 6.03. The Morgan fingerprint density at radius 1 is 0.562 bits per heavy atom. The van der Waals surface area contributed by atoms with Gasteiger partial charge in [0.15, 0.2) is 0 Å². The summed E-state index contributed by atoms with van der Waals surface area (Å²) < 4.78 is 34.7. The van der Waals surface area contributed by atoms with E-state index < -0.39 is 215 Å². The van der Waals surface area contributed by atoms with E-state index >= 15 is 24.0 Å². The molecule has 2 fully saturated rings. The van der Waals surface area contributed by atoms with Crippen LogP contribution < -0.4 is 63.8 Å². The van der Waals surface area contributed by atoms with Crippen molar-refractivity contribution in [2.24, 2.45) is 47.3 Å². The average molecular weight is 1690 g/mol. The molecule has 2 saturated heterocycles. The second-order valence-corrected chi connectivity index (χ2v) is 34.4. The molecule has 0 unspecified atom stereocenters. The molecule has 121 heavy (non-hydrogen) atoms. The highest BCUT2D eigenvalue weighted by atomic mass is 19.1. The molecular weight excluding hydrogens is 1560 g/mol. The molecule has 32 heteroatoms. The predicted molar refractivity (Wildman–Crippen MR) is 453 cm³/mol. The molecule has 16 atom stereocenters. The van der Waals surface area contributed by atoms with Crippen LogP contribution >= 0.6 is 0 Å². The second kappa shape index (κ2) is 49.0. The zero-order valence-corrected chi connectivity index (χ0v) is 73.9. The average Bonchev–Trinajstić information content (AvgIpc) is 1.80. The molecule has 13 amide bonds. The van der Waals surface area contributed by atoms with E-state index in [1.165, 1.54) is 56.0 Å². The van der Waals surface area contributed by atoms with Gasteiger partial charge in [0.25, 0.3) is 5.91 Å². The van der Waals surface area contributed by atoms with E-state index in [2.05, 4.69) is 63.8 Å². The van der Waals surface area contributed by atoms with Crippen LogP contribution in [0.5, 0.6) is 0 Å². The van der Waals surface area contributed by atoms with Crippen molar-refractivity contribution >= 4 is 82.8 Å². The number of aliphatic hydroxyl groups excluding tert-OH is 1. The smallest absolute Gasteiger partial charge is 0.329 e. The summed E-state index contributed by atoms with van der Waals surface area (Å²) in [6.07, 6.45) is 0.499. The monoisotopic (exact) mass is 1690 g/mol. The molecule has 0 spiro atoms. The summed E-state index contributed by atoms with van der Waals surface area (Å²) in [5, 5.41) is 43.6. The lowest BCUT2D eigenvalue weighted by Crippen LogP contribution is -2.64. The first-order valence-corrected chi connectivity index (χ1v) is 42.8. The third-order valence-corrected chi connectivity index (χ3v) is 22.2. The van der Waals surface area contributed by atoms with Gasteiger partial charge in [0.05, 0.1) is 6.10 Å². The summed E-state index contributed by atoms with van der Waals surface area (Å²) in [6, 6.07) is 3.24. The van der Waals surface area contributed by atoms with Crippen LogP contribution in [0.25, 0.3) is 0 Å². The number of benzene rings is 3. The number of cyclic esters (lactones) is 1. The van der Waals surface area contributed by atoms with Gasteiger partial charge in [-0.3, -0.25) is 67.2 Å². The largest absolute Gasteiger partial charge is 0.458 e. The second-order valence-electron chi connectivity index (χ2n) is 34.4. The minimum Gasteiger partial charge on any atom is -0.458 e. The van der Waals surface area contributed by atoms with E-state index in [1.54, 1.807) is 152 Å². The number of ether oxygens (including phenoxy) is 1. The SMILES string of the molecule is C/C=C1\NC(=O)[C@H](Cc2ccccc2)NC(=O)[C@@H](C(C)C)NC(=O)[C@@H]([C@@H](C)CC)NC(=O)[C@H](NC(=O)[C@H](NC(=O)[C@H](CCCN(Cc2ccc(F)cc2)Cc2ccc(F)cc2)NC(=O)[C@H]2CCCN2C(=O)[C@@H](NC(=O)[C@H](NC(=O)[C@H](NC(=O)[C@@H](NC(=O)CCCC(C)C)C(C)C)[C@H](C)O)C(C)C)C(C)C)[C@@H](C)CC)[C@@H](C)OC(=O)[C@H](C(C)C)NC1=O. The summed E-state index contributed by atoms with van der Waals surface area (Å²) in [5.41, 5.74) is 1.75. The summed E-state index contributed by atoms with van der Waals surface area (Å²) in [7, 11) is 0. The number of nitrogens with zero attached hydrogens (tertiary/aromatic N) is 2. The number of likely N-dealkylation sites (tertiary alicyclic amines) is 1. The van der Waals surface area contributed by atoms with Crippen molar-refractivity contribution in [3.8, 4) is 0 Å². The van der Waals surface area contributed by atoms with Gasteiger partial charge < -0.3 is 78.5 Å². The Kier molecular flexibility index (Phi) is 41.0. The van der Waals surface area contributed by atoms with Crippen LogP contribution in [0.3, 0.4) is 0 Å². The van der Waals surface area contributed by atoms with E-state index in [4.69, 9.17) is 4.74 Å². The summed E-state index contributed by atoms with van der Waals surface area (Å²) in [4.78, 5) is 208. The first-order valence-electron chi connectivity index (χ1n) is 42.8. The molecule has 5 rings (SSSR count). The molecule has 670 valence electrons. The summed E-state index contributed by atoms with van der Waals surface area (Å²) in [6.45, 7) is 32.1. The van der Waals surface area contributed by atoms with Gasteiger partial charge >= 0.3 is 5.97 Å². The van der Waals surface area contributed by atoms with Crippen LogP contribution in [0.15, 0.2) is 90.6 Å². The molecule has 3 aromatic carbocycles. The van der Waals surface area contributed by atoms with Gasteiger partial charge in [-0.05, 0) is 148 Å². The maximum Gasteiger partial charge on any atom is 0.329 e. The predicted octanol–water partition coefficient (Wildman–Crippen LogP) is 5.86. The van der Waals surface area contributed by atoms with Gasteiger partial charge in [-0.15, -0.1) is 0 Å².